The number of hydrogen-bond acceptors (Lipinski definition) is 2. The van der Waals surface area contributed by atoms with Crippen molar-refractivity contribution in [2.45, 2.75) is 39.0 Å². The summed E-state index contributed by atoms with van der Waals surface area (Å²) in [5, 5.41) is 6.36. The van der Waals surface area contributed by atoms with E-state index >= 15 is 0 Å². The van der Waals surface area contributed by atoms with Crippen molar-refractivity contribution >= 4 is 18.3 Å². The second-order valence-electron chi connectivity index (χ2n) is 5.43. The van der Waals surface area contributed by atoms with Gasteiger partial charge in [0.2, 0.25) is 5.91 Å². The summed E-state index contributed by atoms with van der Waals surface area (Å²) in [6.07, 6.45) is 6.21. The third kappa shape index (κ3) is 3.36. The lowest BCUT2D eigenvalue weighted by molar-refractivity contribution is -0.124. The van der Waals surface area contributed by atoms with Crippen LogP contribution in [0, 0.1) is 11.3 Å². The van der Waals surface area contributed by atoms with Crippen molar-refractivity contribution in [3.63, 3.8) is 0 Å². The number of carbonyl (C=O) groups excluding carboxylic acids is 1. The largest absolute Gasteiger partial charge is 0.355 e. The molecule has 3 nitrogen and oxygen atoms in total. The molecule has 1 heterocycles. The fourth-order valence-corrected chi connectivity index (χ4v) is 2.73. The first-order chi connectivity index (χ1) is 7.20. The minimum absolute atomic E-state index is 0. The van der Waals surface area contributed by atoms with Crippen LogP contribution in [0.4, 0.5) is 0 Å². The Labute approximate surface area is 104 Å². The number of hydrogen-bond donors (Lipinski definition) is 2. The van der Waals surface area contributed by atoms with Crippen LogP contribution in [0.15, 0.2) is 0 Å². The molecule has 4 heteroatoms. The van der Waals surface area contributed by atoms with Crippen LogP contribution in [-0.2, 0) is 4.79 Å². The molecule has 2 N–H and O–H groups in total. The Hall–Kier alpha value is -0.280. The first-order valence-corrected chi connectivity index (χ1v) is 6.18. The Morgan fingerprint density at radius 2 is 2.12 bits per heavy atom. The van der Waals surface area contributed by atoms with Gasteiger partial charge in [0, 0.05) is 13.1 Å². The summed E-state index contributed by atoms with van der Waals surface area (Å²) in [7, 11) is 0. The number of halogens is 1. The number of amides is 1. The number of carbonyl (C=O) groups is 1. The number of rotatable bonds is 3. The monoisotopic (exact) mass is 246 g/mol. The summed E-state index contributed by atoms with van der Waals surface area (Å²) in [6, 6.07) is 0. The molecule has 1 aliphatic heterocycles. The van der Waals surface area contributed by atoms with Crippen LogP contribution in [0.3, 0.4) is 0 Å². The quantitative estimate of drug-likeness (QED) is 0.796. The zero-order valence-corrected chi connectivity index (χ0v) is 10.9. The molecule has 1 amide bonds. The molecule has 0 aromatic heterocycles. The molecule has 1 saturated heterocycles. The van der Waals surface area contributed by atoms with Crippen LogP contribution in [0.25, 0.3) is 0 Å². The van der Waals surface area contributed by atoms with E-state index in [9.17, 15) is 4.79 Å². The van der Waals surface area contributed by atoms with E-state index in [1.54, 1.807) is 0 Å². The molecule has 1 atom stereocenters. The Balaban J connectivity index is 0.00000128. The van der Waals surface area contributed by atoms with E-state index in [-0.39, 0.29) is 24.2 Å². The summed E-state index contributed by atoms with van der Waals surface area (Å²) in [5.41, 5.74) is 0.377. The number of nitrogens with one attached hydrogen (secondary N) is 2. The van der Waals surface area contributed by atoms with E-state index in [1.807, 2.05) is 0 Å². The maximum Gasteiger partial charge on any atom is 0.224 e. The molecule has 0 aromatic carbocycles. The Morgan fingerprint density at radius 3 is 2.69 bits per heavy atom. The van der Waals surface area contributed by atoms with Crippen LogP contribution >= 0.6 is 12.4 Å². The first-order valence-electron chi connectivity index (χ1n) is 6.18. The lowest BCUT2D eigenvalue weighted by Crippen LogP contribution is -2.38. The minimum Gasteiger partial charge on any atom is -0.355 e. The Kier molecular flexibility index (Phi) is 5.06. The maximum absolute atomic E-state index is 11.8. The van der Waals surface area contributed by atoms with Gasteiger partial charge in [-0.15, -0.1) is 12.4 Å². The second-order valence-corrected chi connectivity index (χ2v) is 5.43. The molecule has 0 bridgehead atoms. The third-order valence-electron chi connectivity index (χ3n) is 3.93. The molecule has 94 valence electrons. The average Bonchev–Trinajstić information content (AvgIpc) is 2.85. The minimum atomic E-state index is 0. The van der Waals surface area contributed by atoms with E-state index in [4.69, 9.17) is 0 Å². The fraction of sp³-hybridized carbons (Fsp3) is 0.917. The zero-order valence-electron chi connectivity index (χ0n) is 10.1. The van der Waals surface area contributed by atoms with Gasteiger partial charge in [-0.1, -0.05) is 19.8 Å². The topological polar surface area (TPSA) is 41.1 Å². The van der Waals surface area contributed by atoms with Gasteiger partial charge in [-0.2, -0.15) is 0 Å². The molecule has 16 heavy (non-hydrogen) atoms. The molecule has 1 saturated carbocycles. The highest BCUT2D eigenvalue weighted by atomic mass is 35.5. The molecule has 0 radical (unpaired) electrons. The van der Waals surface area contributed by atoms with Crippen molar-refractivity contribution in [2.75, 3.05) is 19.6 Å². The van der Waals surface area contributed by atoms with E-state index in [0.29, 0.717) is 5.41 Å². The molecule has 0 aromatic rings. The van der Waals surface area contributed by atoms with Gasteiger partial charge in [0.1, 0.15) is 0 Å². The van der Waals surface area contributed by atoms with E-state index in [2.05, 4.69) is 17.6 Å². The van der Waals surface area contributed by atoms with Crippen molar-refractivity contribution < 1.29 is 4.79 Å². The van der Waals surface area contributed by atoms with Crippen molar-refractivity contribution in [1.82, 2.24) is 10.6 Å². The fourth-order valence-electron chi connectivity index (χ4n) is 2.73. The van der Waals surface area contributed by atoms with Gasteiger partial charge in [-0.3, -0.25) is 4.79 Å². The van der Waals surface area contributed by atoms with Gasteiger partial charge in [0.15, 0.2) is 0 Å². The van der Waals surface area contributed by atoms with Crippen molar-refractivity contribution in [3.8, 4) is 0 Å². The first kappa shape index (κ1) is 13.8. The van der Waals surface area contributed by atoms with Gasteiger partial charge in [0.05, 0.1) is 5.92 Å². The van der Waals surface area contributed by atoms with Crippen molar-refractivity contribution in [3.05, 3.63) is 0 Å². The van der Waals surface area contributed by atoms with Crippen molar-refractivity contribution in [2.24, 2.45) is 11.3 Å². The van der Waals surface area contributed by atoms with E-state index < -0.39 is 0 Å². The van der Waals surface area contributed by atoms with Gasteiger partial charge < -0.3 is 10.6 Å². The van der Waals surface area contributed by atoms with Gasteiger partial charge in [-0.05, 0) is 31.2 Å². The molecule has 0 spiro atoms. The summed E-state index contributed by atoms with van der Waals surface area (Å²) in [5.74, 6) is 0.475. The SMILES string of the molecule is CC1(CNC(=O)[C@H]2CCNC2)CCCC1.Cl. The molecule has 2 aliphatic rings. The predicted molar refractivity (Wildman–Crippen MR) is 67.8 cm³/mol. The third-order valence-corrected chi connectivity index (χ3v) is 3.93. The highest BCUT2D eigenvalue weighted by molar-refractivity contribution is 5.85. The van der Waals surface area contributed by atoms with Crippen LogP contribution < -0.4 is 10.6 Å². The predicted octanol–water partition coefficient (Wildman–Crippen LogP) is 1.71. The van der Waals surface area contributed by atoms with E-state index in [1.165, 1.54) is 25.7 Å². The van der Waals surface area contributed by atoms with Crippen LogP contribution in [0.2, 0.25) is 0 Å². The standard InChI is InChI=1S/C12H22N2O.ClH/c1-12(5-2-3-6-12)9-14-11(15)10-4-7-13-8-10;/h10,13H,2-9H2,1H3,(H,14,15);1H/t10-;/m0./s1. The van der Waals surface area contributed by atoms with Gasteiger partial charge in [-0.25, -0.2) is 0 Å². The molecule has 2 rings (SSSR count). The summed E-state index contributed by atoms with van der Waals surface area (Å²) in [4.78, 5) is 11.8. The summed E-state index contributed by atoms with van der Waals surface area (Å²) < 4.78 is 0. The lowest BCUT2D eigenvalue weighted by atomic mass is 9.88. The second kappa shape index (κ2) is 5.87. The van der Waals surface area contributed by atoms with Crippen LogP contribution in [0.5, 0.6) is 0 Å². The molecular formula is C12H23ClN2O. The van der Waals surface area contributed by atoms with Gasteiger partial charge in [0.25, 0.3) is 0 Å². The zero-order chi connectivity index (χ0) is 10.7. The molecule has 0 unspecified atom stereocenters. The lowest BCUT2D eigenvalue weighted by Gasteiger charge is -2.24. The van der Waals surface area contributed by atoms with Crippen molar-refractivity contribution in [1.29, 1.82) is 0 Å². The van der Waals surface area contributed by atoms with Gasteiger partial charge >= 0.3 is 0 Å². The highest BCUT2D eigenvalue weighted by Crippen LogP contribution is 2.36. The van der Waals surface area contributed by atoms with Crippen LogP contribution in [0.1, 0.15) is 39.0 Å². The van der Waals surface area contributed by atoms with E-state index in [0.717, 1.165) is 26.1 Å². The molecular weight excluding hydrogens is 224 g/mol. The molecule has 2 fully saturated rings. The van der Waals surface area contributed by atoms with Crippen LogP contribution in [-0.4, -0.2) is 25.5 Å². The Morgan fingerprint density at radius 1 is 1.44 bits per heavy atom. The summed E-state index contributed by atoms with van der Waals surface area (Å²) in [6.45, 7) is 5.04. The maximum atomic E-state index is 11.8. The summed E-state index contributed by atoms with van der Waals surface area (Å²) >= 11 is 0. The molecule has 1 aliphatic carbocycles. The smallest absolute Gasteiger partial charge is 0.224 e. The average molecular weight is 247 g/mol. The Bertz CT molecular complexity index is 233. The highest BCUT2D eigenvalue weighted by Gasteiger charge is 2.30. The normalized spacial score (nSPS) is 27.4.